The number of fused-ring (bicyclic) bond motifs is 2. The summed E-state index contributed by atoms with van der Waals surface area (Å²) in [6.07, 6.45) is 10.2. The smallest absolute Gasteiger partial charge is 0.225 e. The average Bonchev–Trinajstić information content (AvgIpc) is 3.56. The van der Waals surface area contributed by atoms with Gasteiger partial charge in [-0.05, 0) is 115 Å². The standard InChI is InChI=1S/C54H82N4O4S2/c1-15-19-21-37(17-3)31-63-25-23-47(59)55-43-29-45-41(53(11,12)35(9)57(45)33(5)6)27-39(43)49-51(61)50(52(49)62)40-28-42-46(58(34(7)8)36(10)54(42,13)14)30-44(40)56-48(60)24-26-64-32-38(18-4)22-20-16-2/h27-30,33-38H,15-26,31-32H2,1-14H3,(H2,55,56,59,60,61,62). The van der Waals surface area contributed by atoms with Crippen molar-refractivity contribution in [3.8, 4) is 0 Å². The van der Waals surface area contributed by atoms with Crippen LogP contribution in [0.25, 0.3) is 11.1 Å². The monoisotopic (exact) mass is 915 g/mol. The summed E-state index contributed by atoms with van der Waals surface area (Å²) >= 11 is 3.66. The largest absolute Gasteiger partial charge is 0.871 e. The van der Waals surface area contributed by atoms with Crippen molar-refractivity contribution < 1.29 is 19.5 Å². The maximum Gasteiger partial charge on any atom is 0.225 e. The molecule has 5 rings (SSSR count). The summed E-state index contributed by atoms with van der Waals surface area (Å²) in [7, 11) is 0. The summed E-state index contributed by atoms with van der Waals surface area (Å²) in [5.41, 5.74) is 4.22. The molecule has 2 heterocycles. The molecule has 2 amide bonds. The van der Waals surface area contributed by atoms with E-state index in [2.05, 4.69) is 117 Å². The third kappa shape index (κ3) is 10.8. The van der Waals surface area contributed by atoms with Crippen LogP contribution in [0.5, 0.6) is 0 Å². The molecule has 4 atom stereocenters. The summed E-state index contributed by atoms with van der Waals surface area (Å²) in [5, 5.41) is 22.7. The molecule has 0 spiro atoms. The van der Waals surface area contributed by atoms with E-state index in [9.17, 15) is 19.5 Å². The van der Waals surface area contributed by atoms with Crippen LogP contribution in [0.15, 0.2) is 30.0 Å². The molecule has 4 unspecified atom stereocenters. The number of unbranched alkanes of at least 4 members (excludes halogenated alkanes) is 2. The van der Waals surface area contributed by atoms with Crippen LogP contribution in [0, 0.1) is 11.8 Å². The molecule has 0 saturated heterocycles. The molecule has 0 aromatic heterocycles. The lowest BCUT2D eigenvalue weighted by atomic mass is 9.76. The highest BCUT2D eigenvalue weighted by molar-refractivity contribution is 7.99. The van der Waals surface area contributed by atoms with E-state index in [1.54, 1.807) is 0 Å². The quantitative estimate of drug-likeness (QED) is 0.0845. The Morgan fingerprint density at radius 2 is 1.31 bits per heavy atom. The molecule has 2 N–H and O–H groups in total. The molecule has 2 aromatic carbocycles. The molecule has 354 valence electrons. The number of thioether (sulfide) groups is 2. The zero-order chi connectivity index (χ0) is 47.3. The number of rotatable bonds is 23. The molecule has 1 aliphatic carbocycles. The number of amides is 2. The number of hydrogen-bond acceptors (Lipinski definition) is 7. The van der Waals surface area contributed by atoms with Gasteiger partial charge in [0.2, 0.25) is 17.2 Å². The van der Waals surface area contributed by atoms with Gasteiger partial charge < -0.3 is 20.6 Å². The Balaban J connectivity index is 1.58. The lowest BCUT2D eigenvalue weighted by molar-refractivity contribution is -0.292. The normalized spacial score (nSPS) is 20.5. The van der Waals surface area contributed by atoms with Gasteiger partial charge in [-0.2, -0.15) is 23.5 Å². The first-order valence-corrected chi connectivity index (χ1v) is 27.1. The number of hydrogen-bond donors (Lipinski definition) is 2. The van der Waals surface area contributed by atoms with Crippen molar-refractivity contribution in [2.75, 3.05) is 38.5 Å². The Morgan fingerprint density at radius 3 is 1.80 bits per heavy atom. The molecule has 64 heavy (non-hydrogen) atoms. The number of anilines is 3. The molecule has 8 nitrogen and oxygen atoms in total. The summed E-state index contributed by atoms with van der Waals surface area (Å²) in [5.74, 6) is 3.84. The third-order valence-electron chi connectivity index (χ3n) is 15.0. The van der Waals surface area contributed by atoms with E-state index in [1.165, 1.54) is 38.5 Å². The lowest BCUT2D eigenvalue weighted by Gasteiger charge is -2.34. The molecule has 3 aliphatic rings. The van der Waals surface area contributed by atoms with Crippen molar-refractivity contribution in [2.24, 2.45) is 11.8 Å². The van der Waals surface area contributed by atoms with Crippen molar-refractivity contribution in [1.29, 1.82) is 0 Å². The van der Waals surface area contributed by atoms with Crippen LogP contribution in [0.1, 0.15) is 178 Å². The van der Waals surface area contributed by atoms with Gasteiger partial charge in [0, 0.05) is 81.1 Å². The number of allylic oxidation sites excluding steroid dienone is 2. The van der Waals surface area contributed by atoms with Crippen LogP contribution in [0.4, 0.5) is 17.1 Å². The van der Waals surface area contributed by atoms with E-state index in [0.717, 1.165) is 46.5 Å². The van der Waals surface area contributed by atoms with Gasteiger partial charge in [0.1, 0.15) is 6.04 Å². The minimum Gasteiger partial charge on any atom is -0.871 e. The molecule has 0 bridgehead atoms. The van der Waals surface area contributed by atoms with Crippen LogP contribution in [0.2, 0.25) is 0 Å². The van der Waals surface area contributed by atoms with Gasteiger partial charge in [0.25, 0.3) is 0 Å². The topological polar surface area (TPSA) is 105 Å². The molecule has 2 aromatic rings. The molecule has 10 heteroatoms. The second-order valence-corrected chi connectivity index (χ2v) is 22.9. The Kier molecular flexibility index (Phi) is 17.8. The van der Waals surface area contributed by atoms with E-state index in [0.29, 0.717) is 58.3 Å². The predicted octanol–water partition coefficient (Wildman–Crippen LogP) is 10.2. The SMILES string of the molecule is CCCCC(CC)CSCCC(=O)Nc1cc2c(cc1C1=C([O-])/C(=c3/cc4c(cc3NC(=O)CCSCC(CC)CCCC)=[N+](C(C)C)C(C)C4(C)C)C1=O)C(C)(C)C(C)N2C(C)C. The maximum atomic E-state index is 14.9. The number of Topliss-reactive ketones (excluding diaryl/α,β-unsaturated/α-hetero) is 1. The van der Waals surface area contributed by atoms with Crippen molar-refractivity contribution in [3.63, 3.8) is 0 Å². The fraction of sp³-hybridized carbons (Fsp3) is 0.667. The summed E-state index contributed by atoms with van der Waals surface area (Å²) in [6, 6.07) is 8.70. The molecular weight excluding hydrogens is 833 g/mol. The van der Waals surface area contributed by atoms with Crippen molar-refractivity contribution >= 4 is 69.3 Å². The van der Waals surface area contributed by atoms with Crippen LogP contribution in [-0.4, -0.2) is 64.8 Å². The first-order valence-electron chi connectivity index (χ1n) is 24.8. The molecule has 0 fully saturated rings. The Hall–Kier alpha value is -3.24. The van der Waals surface area contributed by atoms with Gasteiger partial charge in [0.15, 0.2) is 11.8 Å². The summed E-state index contributed by atoms with van der Waals surface area (Å²) in [6.45, 7) is 30.9. The van der Waals surface area contributed by atoms with Crippen molar-refractivity contribution in [2.45, 2.75) is 196 Å². The highest BCUT2D eigenvalue weighted by Gasteiger charge is 2.47. The summed E-state index contributed by atoms with van der Waals surface area (Å²) in [4.78, 5) is 44.8. The van der Waals surface area contributed by atoms with Gasteiger partial charge in [-0.25, -0.2) is 4.58 Å². The fourth-order valence-electron chi connectivity index (χ4n) is 10.2. The Bertz CT molecular complexity index is 2190. The van der Waals surface area contributed by atoms with E-state index in [4.69, 9.17) is 0 Å². The van der Waals surface area contributed by atoms with Crippen LogP contribution in [0.3, 0.4) is 0 Å². The Labute approximate surface area is 395 Å². The predicted molar refractivity (Wildman–Crippen MR) is 274 cm³/mol. The number of carbonyl (C=O) groups excluding carboxylic acids is 3. The van der Waals surface area contributed by atoms with E-state index in [1.807, 2.05) is 47.8 Å². The number of ketones is 1. The second kappa shape index (κ2) is 22.0. The van der Waals surface area contributed by atoms with Crippen LogP contribution >= 0.6 is 23.5 Å². The van der Waals surface area contributed by atoms with Crippen molar-refractivity contribution in [3.05, 3.63) is 57.3 Å². The van der Waals surface area contributed by atoms with Crippen LogP contribution < -0.4 is 35.8 Å². The zero-order valence-corrected chi connectivity index (χ0v) is 43.6. The minimum absolute atomic E-state index is 0.0924. The Morgan fingerprint density at radius 1 is 0.766 bits per heavy atom. The zero-order valence-electron chi connectivity index (χ0n) is 42.0. The minimum atomic E-state index is -0.355. The van der Waals surface area contributed by atoms with Crippen molar-refractivity contribution in [1.82, 2.24) is 4.58 Å². The number of benzene rings is 2. The highest BCUT2D eigenvalue weighted by Crippen LogP contribution is 2.50. The van der Waals surface area contributed by atoms with Gasteiger partial charge in [0.05, 0.1) is 16.8 Å². The highest BCUT2D eigenvalue weighted by atomic mass is 32.2. The maximum absolute atomic E-state index is 14.9. The van der Waals surface area contributed by atoms with E-state index in [-0.39, 0.29) is 69.5 Å². The summed E-state index contributed by atoms with van der Waals surface area (Å²) < 4.78 is 2.38. The molecule has 0 radical (unpaired) electrons. The third-order valence-corrected chi connectivity index (χ3v) is 17.4. The second-order valence-electron chi connectivity index (χ2n) is 20.6. The fourth-order valence-corrected chi connectivity index (χ4v) is 12.7. The van der Waals surface area contributed by atoms with Gasteiger partial charge in [-0.3, -0.25) is 14.4 Å². The number of nitrogens with zero attached hydrogens (tertiary/aromatic N) is 2. The average molecular weight is 915 g/mol. The molecule has 2 aliphatic heterocycles. The van der Waals surface area contributed by atoms with Gasteiger partial charge in [-0.1, -0.05) is 85.8 Å². The first kappa shape index (κ1) is 51.7. The lowest BCUT2D eigenvalue weighted by Crippen LogP contribution is -2.42. The molecule has 0 saturated carbocycles. The first-order chi connectivity index (χ1) is 30.3. The van der Waals surface area contributed by atoms with E-state index < -0.39 is 0 Å². The number of carbonyl (C=O) groups is 3. The van der Waals surface area contributed by atoms with Gasteiger partial charge in [-0.15, -0.1) is 0 Å². The van der Waals surface area contributed by atoms with Crippen LogP contribution in [-0.2, 0) is 25.2 Å². The number of nitrogens with one attached hydrogen (secondary N) is 2. The van der Waals surface area contributed by atoms with E-state index >= 15 is 0 Å². The molecular formula is C54H82N4O4S2. The van der Waals surface area contributed by atoms with Gasteiger partial charge >= 0.3 is 0 Å².